The van der Waals surface area contributed by atoms with Crippen molar-refractivity contribution in [1.29, 1.82) is 0 Å². The lowest BCUT2D eigenvalue weighted by atomic mass is 10.5. The molecule has 0 radical (unpaired) electrons. The highest BCUT2D eigenvalue weighted by atomic mass is 32.1. The van der Waals surface area contributed by atoms with E-state index in [1.165, 1.54) is 6.26 Å². The van der Waals surface area contributed by atoms with Gasteiger partial charge < -0.3 is 8.94 Å². The van der Waals surface area contributed by atoms with Crippen molar-refractivity contribution in [2.24, 2.45) is 0 Å². The molecule has 2 aromatic rings. The van der Waals surface area contributed by atoms with Gasteiger partial charge in [0.2, 0.25) is 0 Å². The molecule has 5 nitrogen and oxygen atoms in total. The number of aryl methyl sites for hydroxylation is 1. The van der Waals surface area contributed by atoms with E-state index >= 15 is 0 Å². The average molecular weight is 183 g/mol. The van der Waals surface area contributed by atoms with Crippen LogP contribution >= 0.6 is 12.2 Å². The molecule has 0 spiro atoms. The number of oxazole rings is 1. The molecule has 12 heavy (non-hydrogen) atoms. The maximum absolute atomic E-state index is 4.98. The Hall–Kier alpha value is -1.43. The molecule has 62 valence electrons. The van der Waals surface area contributed by atoms with Crippen LogP contribution in [0.5, 0.6) is 0 Å². The highest BCUT2D eigenvalue weighted by molar-refractivity contribution is 7.71. The Labute approximate surface area is 72.4 Å². The maximum atomic E-state index is 4.98. The van der Waals surface area contributed by atoms with Gasteiger partial charge in [0.25, 0.3) is 0 Å². The maximum Gasteiger partial charge on any atom is 0.314 e. The number of rotatable bonds is 1. The zero-order chi connectivity index (χ0) is 8.55. The van der Waals surface area contributed by atoms with Gasteiger partial charge in [0.15, 0.2) is 11.7 Å². The van der Waals surface area contributed by atoms with Gasteiger partial charge in [-0.1, -0.05) is 0 Å². The van der Waals surface area contributed by atoms with Crippen LogP contribution in [0.15, 0.2) is 15.2 Å². The predicted octanol–water partition coefficient (Wildman–Crippen LogP) is 1.70. The molecule has 0 saturated carbocycles. The molecule has 0 amide bonds. The Morgan fingerprint density at radius 3 is 2.83 bits per heavy atom. The first-order valence-electron chi connectivity index (χ1n) is 3.24. The minimum absolute atomic E-state index is 0.158. The van der Waals surface area contributed by atoms with Gasteiger partial charge >= 0.3 is 4.84 Å². The first-order chi connectivity index (χ1) is 5.75. The number of nitrogens with one attached hydrogen (secondary N) is 1. The van der Waals surface area contributed by atoms with Gasteiger partial charge in [-0.05, 0) is 12.2 Å². The quantitative estimate of drug-likeness (QED) is 0.681. The number of aromatic nitrogens is 3. The zero-order valence-electron chi connectivity index (χ0n) is 6.20. The summed E-state index contributed by atoms with van der Waals surface area (Å²) in [6.45, 7) is 1.75. The molecule has 1 N–H and O–H groups in total. The smallest absolute Gasteiger partial charge is 0.314 e. The van der Waals surface area contributed by atoms with Gasteiger partial charge in [-0.3, -0.25) is 0 Å². The van der Waals surface area contributed by atoms with Crippen LogP contribution in [0.4, 0.5) is 0 Å². The van der Waals surface area contributed by atoms with Gasteiger partial charge in [0, 0.05) is 6.92 Å². The van der Waals surface area contributed by atoms with E-state index < -0.39 is 0 Å². The fourth-order valence-corrected chi connectivity index (χ4v) is 0.944. The first kappa shape index (κ1) is 7.23. The van der Waals surface area contributed by atoms with Gasteiger partial charge in [0.1, 0.15) is 12.0 Å². The van der Waals surface area contributed by atoms with Crippen LogP contribution in [0, 0.1) is 11.8 Å². The SMILES string of the molecule is Cc1nc(-c2nc(=S)o[nH]2)co1. The molecule has 0 aromatic carbocycles. The summed E-state index contributed by atoms with van der Waals surface area (Å²) in [4.78, 5) is 8.05. The lowest BCUT2D eigenvalue weighted by molar-refractivity contribution is 0.406. The lowest BCUT2D eigenvalue weighted by Crippen LogP contribution is -1.79. The number of hydrogen-bond acceptors (Lipinski definition) is 5. The Kier molecular flexibility index (Phi) is 1.54. The average Bonchev–Trinajstić information content (AvgIpc) is 2.58. The largest absolute Gasteiger partial charge is 0.449 e. The van der Waals surface area contributed by atoms with Crippen molar-refractivity contribution in [3.63, 3.8) is 0 Å². The van der Waals surface area contributed by atoms with Crippen LogP contribution in [-0.2, 0) is 0 Å². The second kappa shape index (κ2) is 2.56. The zero-order valence-corrected chi connectivity index (χ0v) is 7.01. The molecule has 0 aliphatic carbocycles. The van der Waals surface area contributed by atoms with E-state index in [4.69, 9.17) is 8.94 Å². The topological polar surface area (TPSA) is 67.8 Å². The number of H-pyrrole nitrogens is 1. The van der Waals surface area contributed by atoms with Crippen molar-refractivity contribution < 1.29 is 8.94 Å². The fraction of sp³-hybridized carbons (Fsp3) is 0.167. The third-order valence-electron chi connectivity index (χ3n) is 1.30. The van der Waals surface area contributed by atoms with Gasteiger partial charge in [-0.2, -0.15) is 10.1 Å². The minimum Gasteiger partial charge on any atom is -0.449 e. The standard InChI is InChI=1S/C6H5N3O2S/c1-3-7-4(2-10-3)5-8-6(12)11-9-5/h2H,1H3,(H,8,9,12). The number of aromatic amines is 1. The molecule has 0 bridgehead atoms. The molecule has 0 atom stereocenters. The summed E-state index contributed by atoms with van der Waals surface area (Å²) in [6.07, 6.45) is 1.48. The first-order valence-corrected chi connectivity index (χ1v) is 3.64. The summed E-state index contributed by atoms with van der Waals surface area (Å²) in [5, 5.41) is 2.52. The third kappa shape index (κ3) is 1.16. The van der Waals surface area contributed by atoms with Gasteiger partial charge in [-0.25, -0.2) is 4.98 Å². The van der Waals surface area contributed by atoms with Crippen molar-refractivity contribution in [3.8, 4) is 11.5 Å². The summed E-state index contributed by atoms with van der Waals surface area (Å²) in [6, 6.07) is 0. The second-order valence-electron chi connectivity index (χ2n) is 2.18. The van der Waals surface area contributed by atoms with E-state index in [9.17, 15) is 0 Å². The highest BCUT2D eigenvalue weighted by Gasteiger charge is 2.06. The molecule has 2 heterocycles. The summed E-state index contributed by atoms with van der Waals surface area (Å²) >= 11 is 4.67. The molecule has 0 fully saturated rings. The molecule has 0 aliphatic rings. The van der Waals surface area contributed by atoms with E-state index in [0.717, 1.165) is 0 Å². The molecule has 6 heteroatoms. The van der Waals surface area contributed by atoms with Crippen LogP contribution in [0.25, 0.3) is 11.5 Å². The minimum atomic E-state index is 0.158. The third-order valence-corrected chi connectivity index (χ3v) is 1.47. The molecule has 0 aliphatic heterocycles. The number of nitrogens with zero attached hydrogens (tertiary/aromatic N) is 2. The van der Waals surface area contributed by atoms with Crippen molar-refractivity contribution >= 4 is 12.2 Å². The highest BCUT2D eigenvalue weighted by Crippen LogP contribution is 2.12. The lowest BCUT2D eigenvalue weighted by Gasteiger charge is -1.80. The van der Waals surface area contributed by atoms with Crippen molar-refractivity contribution in [2.45, 2.75) is 6.92 Å². The normalized spacial score (nSPS) is 10.4. The Bertz CT molecular complexity index is 441. The van der Waals surface area contributed by atoms with E-state index in [1.54, 1.807) is 6.92 Å². The van der Waals surface area contributed by atoms with Crippen molar-refractivity contribution in [3.05, 3.63) is 17.0 Å². The van der Waals surface area contributed by atoms with E-state index in [1.807, 2.05) is 0 Å². The molecular formula is C6H5N3O2S. The van der Waals surface area contributed by atoms with Crippen molar-refractivity contribution in [2.75, 3.05) is 0 Å². The number of hydrogen-bond donors (Lipinski definition) is 1. The van der Waals surface area contributed by atoms with Crippen molar-refractivity contribution in [1.82, 2.24) is 15.1 Å². The molecule has 0 unspecified atom stereocenters. The summed E-state index contributed by atoms with van der Waals surface area (Å²) in [5.74, 6) is 1.06. The summed E-state index contributed by atoms with van der Waals surface area (Å²) < 4.78 is 9.71. The monoisotopic (exact) mass is 183 g/mol. The van der Waals surface area contributed by atoms with Gasteiger partial charge in [0.05, 0.1) is 0 Å². The van der Waals surface area contributed by atoms with Crippen LogP contribution in [-0.4, -0.2) is 15.1 Å². The molecule has 2 rings (SSSR count). The van der Waals surface area contributed by atoms with E-state index in [2.05, 4.69) is 27.3 Å². The van der Waals surface area contributed by atoms with Crippen LogP contribution in [0.3, 0.4) is 0 Å². The van der Waals surface area contributed by atoms with Gasteiger partial charge in [-0.15, -0.1) is 0 Å². The Morgan fingerprint density at radius 2 is 2.33 bits per heavy atom. The molecule has 0 saturated heterocycles. The Morgan fingerprint density at radius 1 is 1.50 bits per heavy atom. The van der Waals surface area contributed by atoms with E-state index in [0.29, 0.717) is 17.4 Å². The van der Waals surface area contributed by atoms with E-state index in [-0.39, 0.29) is 4.84 Å². The Balaban J connectivity index is 2.50. The molecule has 2 aromatic heterocycles. The second-order valence-corrected chi connectivity index (χ2v) is 2.53. The van der Waals surface area contributed by atoms with Crippen LogP contribution in [0.2, 0.25) is 0 Å². The van der Waals surface area contributed by atoms with Crippen LogP contribution in [0.1, 0.15) is 5.89 Å². The predicted molar refractivity (Wildman–Crippen MR) is 41.9 cm³/mol. The fourth-order valence-electron chi connectivity index (χ4n) is 0.811. The van der Waals surface area contributed by atoms with Crippen LogP contribution < -0.4 is 0 Å². The summed E-state index contributed by atoms with van der Waals surface area (Å²) in [5.41, 5.74) is 0.590. The summed E-state index contributed by atoms with van der Waals surface area (Å²) in [7, 11) is 0. The molecular weight excluding hydrogens is 178 g/mol.